The van der Waals surface area contributed by atoms with Gasteiger partial charge in [-0.05, 0) is 36.8 Å². The molecule has 0 radical (unpaired) electrons. The van der Waals surface area contributed by atoms with Crippen molar-refractivity contribution in [2.75, 3.05) is 6.54 Å². The molecule has 2 aromatic heterocycles. The molecule has 0 bridgehead atoms. The number of hydrogen-bond donors (Lipinski definition) is 0. The lowest BCUT2D eigenvalue weighted by Crippen LogP contribution is -2.35. The minimum atomic E-state index is -0.781. The predicted molar refractivity (Wildman–Crippen MR) is 100 cm³/mol. The fourth-order valence-corrected chi connectivity index (χ4v) is 3.86. The van der Waals surface area contributed by atoms with Gasteiger partial charge in [0.15, 0.2) is 11.4 Å². The number of para-hydroxylation sites is 1. The number of nitrogens with zero attached hydrogens (tertiary/aromatic N) is 4. The number of halogens is 2. The van der Waals surface area contributed by atoms with Crippen LogP contribution in [0.4, 0.5) is 8.78 Å². The van der Waals surface area contributed by atoms with Crippen molar-refractivity contribution in [3.63, 3.8) is 0 Å². The zero-order chi connectivity index (χ0) is 20.1. The van der Waals surface area contributed by atoms with Crippen LogP contribution in [0.3, 0.4) is 0 Å². The van der Waals surface area contributed by atoms with Gasteiger partial charge in [0, 0.05) is 13.1 Å². The van der Waals surface area contributed by atoms with Crippen LogP contribution in [0.15, 0.2) is 45.6 Å². The zero-order valence-corrected chi connectivity index (χ0v) is 15.3. The Labute approximate surface area is 162 Å². The molecule has 0 saturated heterocycles. The number of rotatable bonds is 2. The van der Waals surface area contributed by atoms with Gasteiger partial charge in [-0.2, -0.15) is 0 Å². The average Bonchev–Trinajstić information content (AvgIpc) is 3.09. The highest BCUT2D eigenvalue weighted by Gasteiger charge is 2.24. The molecule has 1 amide bonds. The molecule has 0 aliphatic carbocycles. The van der Waals surface area contributed by atoms with Gasteiger partial charge in [-0.1, -0.05) is 6.07 Å². The van der Waals surface area contributed by atoms with Crippen molar-refractivity contribution < 1.29 is 18.0 Å². The van der Waals surface area contributed by atoms with Crippen molar-refractivity contribution in [1.82, 2.24) is 19.0 Å². The summed E-state index contributed by atoms with van der Waals surface area (Å²) >= 11 is 0. The summed E-state index contributed by atoms with van der Waals surface area (Å²) in [5, 5.41) is 0. The number of hydrogen-bond acceptors (Lipinski definition) is 4. The first-order valence-electron chi connectivity index (χ1n) is 9.21. The van der Waals surface area contributed by atoms with Gasteiger partial charge >= 0.3 is 5.76 Å². The summed E-state index contributed by atoms with van der Waals surface area (Å²) in [5.41, 5.74) is 1.43. The summed E-state index contributed by atoms with van der Waals surface area (Å²) in [5.74, 6) is -1.45. The van der Waals surface area contributed by atoms with E-state index in [-0.39, 0.29) is 35.9 Å². The minimum absolute atomic E-state index is 0.0246. The Kier molecular flexibility index (Phi) is 3.97. The first-order chi connectivity index (χ1) is 14.0. The number of aromatic nitrogens is 3. The second kappa shape index (κ2) is 6.54. The van der Waals surface area contributed by atoms with E-state index >= 15 is 0 Å². The number of fused-ring (bicyclic) bond motifs is 4. The molecule has 148 valence electrons. The van der Waals surface area contributed by atoms with E-state index in [1.54, 1.807) is 11.0 Å². The molecule has 0 saturated carbocycles. The molecule has 4 aromatic rings. The minimum Gasteiger partial charge on any atom is -0.408 e. The number of amides is 1. The Morgan fingerprint density at radius 2 is 2.03 bits per heavy atom. The first kappa shape index (κ1) is 17.6. The maximum absolute atomic E-state index is 14.2. The van der Waals surface area contributed by atoms with Crippen molar-refractivity contribution >= 4 is 28.0 Å². The van der Waals surface area contributed by atoms with E-state index < -0.39 is 11.6 Å². The number of carbonyl (C=O) groups excluding carboxylic acids is 1. The van der Waals surface area contributed by atoms with Crippen LogP contribution in [0.25, 0.3) is 22.1 Å². The van der Waals surface area contributed by atoms with Crippen LogP contribution in [0.5, 0.6) is 0 Å². The molecule has 0 fully saturated rings. The van der Waals surface area contributed by atoms with Crippen molar-refractivity contribution in [1.29, 1.82) is 0 Å². The normalized spacial score (nSPS) is 14.3. The molecule has 1 aliphatic rings. The van der Waals surface area contributed by atoms with Crippen LogP contribution >= 0.6 is 0 Å². The standard InChI is InChI=1S/C20H16F2N4O3/c21-12-5-6-14-15(9-12)25-8-2-7-24(10-17(25)23-14)18(27)11-26-19-13(22)3-1-4-16(19)29-20(26)28/h1,3-6,9H,2,7-8,10-11H2. The lowest BCUT2D eigenvalue weighted by Gasteiger charge is -2.19. The molecular formula is C20H16F2N4O3. The Hall–Kier alpha value is -3.49. The third-order valence-electron chi connectivity index (χ3n) is 5.21. The Morgan fingerprint density at radius 1 is 1.17 bits per heavy atom. The maximum Gasteiger partial charge on any atom is 0.420 e. The summed E-state index contributed by atoms with van der Waals surface area (Å²) < 4.78 is 35.8. The number of imidazole rings is 1. The van der Waals surface area contributed by atoms with E-state index in [4.69, 9.17) is 4.42 Å². The van der Waals surface area contributed by atoms with Crippen LogP contribution in [0, 0.1) is 11.6 Å². The highest BCUT2D eigenvalue weighted by atomic mass is 19.1. The van der Waals surface area contributed by atoms with E-state index in [1.165, 1.54) is 30.3 Å². The van der Waals surface area contributed by atoms with Gasteiger partial charge in [0.1, 0.15) is 23.7 Å². The molecule has 0 spiro atoms. The van der Waals surface area contributed by atoms with Gasteiger partial charge < -0.3 is 13.9 Å². The van der Waals surface area contributed by atoms with Gasteiger partial charge in [0.25, 0.3) is 0 Å². The molecule has 2 aromatic carbocycles. The summed E-state index contributed by atoms with van der Waals surface area (Å²) in [7, 11) is 0. The Morgan fingerprint density at radius 3 is 2.90 bits per heavy atom. The predicted octanol–water partition coefficient (Wildman–Crippen LogP) is 2.65. The van der Waals surface area contributed by atoms with Crippen LogP contribution in [-0.4, -0.2) is 31.5 Å². The summed E-state index contributed by atoms with van der Waals surface area (Å²) in [6.07, 6.45) is 0.649. The third-order valence-corrected chi connectivity index (χ3v) is 5.21. The quantitative estimate of drug-likeness (QED) is 0.520. The van der Waals surface area contributed by atoms with E-state index in [2.05, 4.69) is 4.98 Å². The maximum atomic E-state index is 14.2. The van der Waals surface area contributed by atoms with Gasteiger partial charge in [0.2, 0.25) is 5.91 Å². The third kappa shape index (κ3) is 2.89. The number of aryl methyl sites for hydroxylation is 1. The fourth-order valence-electron chi connectivity index (χ4n) is 3.86. The number of benzene rings is 2. The molecule has 7 nitrogen and oxygen atoms in total. The van der Waals surface area contributed by atoms with Crippen LogP contribution < -0.4 is 5.76 Å². The largest absolute Gasteiger partial charge is 0.420 e. The lowest BCUT2D eigenvalue weighted by atomic mass is 10.3. The SMILES string of the molecule is O=C(Cn1c(=O)oc2cccc(F)c21)N1CCCn2c(nc3ccc(F)cc32)C1. The molecule has 1 aliphatic heterocycles. The second-order valence-corrected chi connectivity index (χ2v) is 7.02. The molecule has 0 N–H and O–H groups in total. The van der Waals surface area contributed by atoms with E-state index in [1.807, 2.05) is 4.57 Å². The van der Waals surface area contributed by atoms with Crippen LogP contribution in [0.1, 0.15) is 12.2 Å². The fraction of sp³-hybridized carbons (Fsp3) is 0.250. The molecule has 3 heterocycles. The van der Waals surface area contributed by atoms with Gasteiger partial charge in [-0.3, -0.25) is 9.36 Å². The van der Waals surface area contributed by atoms with Crippen molar-refractivity contribution in [2.45, 2.75) is 26.1 Å². The molecular weight excluding hydrogens is 382 g/mol. The van der Waals surface area contributed by atoms with Crippen LogP contribution in [0.2, 0.25) is 0 Å². The number of oxazole rings is 1. The molecule has 9 heteroatoms. The van der Waals surface area contributed by atoms with Crippen molar-refractivity contribution in [3.8, 4) is 0 Å². The highest BCUT2D eigenvalue weighted by Crippen LogP contribution is 2.22. The topological polar surface area (TPSA) is 73.3 Å². The van der Waals surface area contributed by atoms with E-state index in [0.717, 1.165) is 4.57 Å². The smallest absolute Gasteiger partial charge is 0.408 e. The molecule has 5 rings (SSSR count). The zero-order valence-electron chi connectivity index (χ0n) is 15.3. The molecule has 0 unspecified atom stereocenters. The summed E-state index contributed by atoms with van der Waals surface area (Å²) in [6.45, 7) is 0.943. The first-order valence-corrected chi connectivity index (χ1v) is 9.21. The van der Waals surface area contributed by atoms with E-state index in [9.17, 15) is 18.4 Å². The van der Waals surface area contributed by atoms with Crippen molar-refractivity contribution in [3.05, 3.63) is 64.4 Å². The summed E-state index contributed by atoms with van der Waals surface area (Å²) in [6, 6.07) is 8.53. The summed E-state index contributed by atoms with van der Waals surface area (Å²) in [4.78, 5) is 31.1. The van der Waals surface area contributed by atoms with Gasteiger partial charge in [-0.25, -0.2) is 18.6 Å². The van der Waals surface area contributed by atoms with Crippen molar-refractivity contribution in [2.24, 2.45) is 0 Å². The Balaban J connectivity index is 1.46. The van der Waals surface area contributed by atoms with Crippen LogP contribution in [-0.2, 0) is 24.4 Å². The van der Waals surface area contributed by atoms with Gasteiger partial charge in [-0.15, -0.1) is 0 Å². The van der Waals surface area contributed by atoms with E-state index in [0.29, 0.717) is 36.4 Å². The van der Waals surface area contributed by atoms with Gasteiger partial charge in [0.05, 0.1) is 17.6 Å². The molecule has 0 atom stereocenters. The second-order valence-electron chi connectivity index (χ2n) is 7.02. The monoisotopic (exact) mass is 398 g/mol. The highest BCUT2D eigenvalue weighted by molar-refractivity contribution is 5.80. The molecule has 29 heavy (non-hydrogen) atoms. The average molecular weight is 398 g/mol. The lowest BCUT2D eigenvalue weighted by molar-refractivity contribution is -0.132. The Bertz CT molecular complexity index is 1320. The number of carbonyl (C=O) groups is 1.